The molecule has 41 heavy (non-hydrogen) atoms. The lowest BCUT2D eigenvalue weighted by Crippen LogP contribution is -2.38. The van der Waals surface area contributed by atoms with Crippen molar-refractivity contribution >= 4 is 60.7 Å². The third-order valence-electron chi connectivity index (χ3n) is 7.38. The SMILES string of the molecule is O=c1/c(=C/c2ccc(-c3ccc(Br)cc3[N+](=O)[O-])o2)sc2n1[C@@H](c1ccc(Br)cc1)C1=C(N=2)c2ccccc2CC1. The number of hydrogen-bond donors (Lipinski definition) is 0. The second-order valence-corrected chi connectivity index (χ2v) is 12.6. The van der Waals surface area contributed by atoms with Crippen molar-refractivity contribution in [3.63, 3.8) is 0 Å². The van der Waals surface area contributed by atoms with Crippen molar-refractivity contribution < 1.29 is 9.34 Å². The maximum atomic E-state index is 14.0. The van der Waals surface area contributed by atoms with E-state index in [1.807, 2.05) is 36.4 Å². The minimum Gasteiger partial charge on any atom is -0.456 e. The van der Waals surface area contributed by atoms with Crippen LogP contribution in [0.4, 0.5) is 5.69 Å². The van der Waals surface area contributed by atoms with E-state index in [1.165, 1.54) is 23.0 Å². The van der Waals surface area contributed by atoms with Gasteiger partial charge in [-0.1, -0.05) is 79.6 Å². The summed E-state index contributed by atoms with van der Waals surface area (Å²) in [6.07, 6.45) is 3.39. The molecular formula is C31H19Br2N3O4S. The predicted molar refractivity (Wildman–Crippen MR) is 165 cm³/mol. The van der Waals surface area contributed by atoms with Crippen LogP contribution in [0.15, 0.2) is 108 Å². The second-order valence-electron chi connectivity index (χ2n) is 9.79. The van der Waals surface area contributed by atoms with E-state index in [9.17, 15) is 14.9 Å². The first-order valence-electron chi connectivity index (χ1n) is 12.8. The van der Waals surface area contributed by atoms with E-state index in [2.05, 4.69) is 44.0 Å². The Labute approximate surface area is 254 Å². The Morgan fingerprint density at radius 1 is 0.976 bits per heavy atom. The maximum absolute atomic E-state index is 14.0. The van der Waals surface area contributed by atoms with E-state index < -0.39 is 4.92 Å². The molecule has 202 valence electrons. The van der Waals surface area contributed by atoms with Gasteiger partial charge in [-0.3, -0.25) is 19.5 Å². The zero-order chi connectivity index (χ0) is 28.2. The van der Waals surface area contributed by atoms with Crippen LogP contribution in [0.2, 0.25) is 0 Å². The molecule has 3 heterocycles. The van der Waals surface area contributed by atoms with Gasteiger partial charge in [-0.15, -0.1) is 0 Å². The van der Waals surface area contributed by atoms with Crippen molar-refractivity contribution in [1.29, 1.82) is 0 Å². The molecular weight excluding hydrogens is 670 g/mol. The highest BCUT2D eigenvalue weighted by Gasteiger charge is 2.32. The van der Waals surface area contributed by atoms with Crippen LogP contribution in [0.5, 0.6) is 0 Å². The molecule has 3 aromatic carbocycles. The molecule has 0 spiro atoms. The Kier molecular flexibility index (Phi) is 6.49. The van der Waals surface area contributed by atoms with Gasteiger partial charge in [0.15, 0.2) is 4.80 Å². The van der Waals surface area contributed by atoms with Gasteiger partial charge in [-0.25, -0.2) is 4.99 Å². The molecule has 0 N–H and O–H groups in total. The first-order chi connectivity index (χ1) is 19.9. The molecule has 0 amide bonds. The van der Waals surface area contributed by atoms with Crippen LogP contribution in [0, 0.1) is 10.1 Å². The van der Waals surface area contributed by atoms with Crippen molar-refractivity contribution in [2.24, 2.45) is 4.99 Å². The van der Waals surface area contributed by atoms with E-state index in [1.54, 1.807) is 34.9 Å². The van der Waals surface area contributed by atoms with Crippen molar-refractivity contribution in [1.82, 2.24) is 4.57 Å². The summed E-state index contributed by atoms with van der Waals surface area (Å²) in [5, 5.41) is 11.6. The predicted octanol–water partition coefficient (Wildman–Crippen LogP) is 7.01. The van der Waals surface area contributed by atoms with Gasteiger partial charge in [0.1, 0.15) is 11.5 Å². The molecule has 0 bridgehead atoms. The summed E-state index contributed by atoms with van der Waals surface area (Å²) < 4.78 is 9.83. The highest BCUT2D eigenvalue weighted by atomic mass is 79.9. The number of nitro benzene ring substituents is 1. The minimum absolute atomic E-state index is 0.0694. The molecule has 5 aromatic rings. The zero-order valence-electron chi connectivity index (χ0n) is 21.2. The average molecular weight is 689 g/mol. The summed E-state index contributed by atoms with van der Waals surface area (Å²) in [5.74, 6) is 0.778. The fraction of sp³-hybridized carbons (Fsp3) is 0.0968. The van der Waals surface area contributed by atoms with Crippen LogP contribution in [0.25, 0.3) is 23.1 Å². The van der Waals surface area contributed by atoms with E-state index >= 15 is 0 Å². The van der Waals surface area contributed by atoms with E-state index in [0.717, 1.165) is 39.7 Å². The quantitative estimate of drug-likeness (QED) is 0.150. The highest BCUT2D eigenvalue weighted by molar-refractivity contribution is 9.10. The number of fused-ring (bicyclic) bond motifs is 3. The molecule has 7 rings (SSSR count). The van der Waals surface area contributed by atoms with Gasteiger partial charge < -0.3 is 4.42 Å². The topological polar surface area (TPSA) is 90.6 Å². The number of furan rings is 1. The van der Waals surface area contributed by atoms with Gasteiger partial charge in [0.25, 0.3) is 11.2 Å². The third-order valence-corrected chi connectivity index (χ3v) is 9.39. The normalized spacial score (nSPS) is 16.1. The third kappa shape index (κ3) is 4.56. The molecule has 10 heteroatoms. The Morgan fingerprint density at radius 3 is 2.56 bits per heavy atom. The molecule has 0 saturated heterocycles. The monoisotopic (exact) mass is 687 g/mol. The number of aromatic nitrogens is 1. The Hall–Kier alpha value is -3.86. The lowest BCUT2D eigenvalue weighted by molar-refractivity contribution is -0.384. The summed E-state index contributed by atoms with van der Waals surface area (Å²) in [6.45, 7) is 0. The zero-order valence-corrected chi connectivity index (χ0v) is 25.2. The number of aryl methyl sites for hydroxylation is 1. The molecule has 0 fully saturated rings. The molecule has 0 saturated carbocycles. The van der Waals surface area contributed by atoms with Gasteiger partial charge >= 0.3 is 0 Å². The van der Waals surface area contributed by atoms with E-state index in [4.69, 9.17) is 9.41 Å². The standard InChI is InChI=1S/C31H19Br2N3O4S/c32-19-8-5-18(6-9-19)29-24-12-7-17-3-1-2-4-22(17)28(24)34-31-35(29)30(37)27(41-31)16-21-11-14-26(40-21)23-13-10-20(33)15-25(23)36(38)39/h1-6,8-11,13-16,29H,7,12H2/b27-16-/t29-/m0/s1. The number of nitro groups is 1. The minimum atomic E-state index is -0.442. The Balaban J connectivity index is 1.38. The second kappa shape index (κ2) is 10.2. The molecule has 0 unspecified atom stereocenters. The number of hydrogen-bond acceptors (Lipinski definition) is 6. The molecule has 0 radical (unpaired) electrons. The smallest absolute Gasteiger partial charge is 0.281 e. The number of nitrogens with zero attached hydrogens (tertiary/aromatic N) is 3. The van der Waals surface area contributed by atoms with Crippen LogP contribution in [0.1, 0.15) is 34.9 Å². The van der Waals surface area contributed by atoms with Gasteiger partial charge in [0.2, 0.25) is 0 Å². The van der Waals surface area contributed by atoms with Gasteiger partial charge in [-0.05, 0) is 65.9 Å². The summed E-state index contributed by atoms with van der Waals surface area (Å²) in [4.78, 5) is 30.8. The van der Waals surface area contributed by atoms with Crippen molar-refractivity contribution in [2.45, 2.75) is 18.9 Å². The van der Waals surface area contributed by atoms with Crippen LogP contribution < -0.4 is 14.9 Å². The molecule has 7 nitrogen and oxygen atoms in total. The number of allylic oxidation sites excluding steroid dienone is 1. The van der Waals surface area contributed by atoms with E-state index in [0.29, 0.717) is 30.9 Å². The first-order valence-corrected chi connectivity index (χ1v) is 15.2. The van der Waals surface area contributed by atoms with Crippen LogP contribution in [0.3, 0.4) is 0 Å². The van der Waals surface area contributed by atoms with Crippen molar-refractivity contribution in [3.8, 4) is 11.3 Å². The van der Waals surface area contributed by atoms with E-state index in [-0.39, 0.29) is 17.3 Å². The van der Waals surface area contributed by atoms with Crippen molar-refractivity contribution in [3.05, 3.63) is 146 Å². The summed E-state index contributed by atoms with van der Waals surface area (Å²) in [6, 6.07) is 24.3. The van der Waals surface area contributed by atoms with Gasteiger partial charge in [0.05, 0.1) is 26.8 Å². The number of rotatable bonds is 4. The maximum Gasteiger partial charge on any atom is 0.281 e. The fourth-order valence-electron chi connectivity index (χ4n) is 5.54. The average Bonchev–Trinajstić information content (AvgIpc) is 3.56. The largest absolute Gasteiger partial charge is 0.456 e. The lowest BCUT2D eigenvalue weighted by Gasteiger charge is -2.30. The fourth-order valence-corrected chi connectivity index (χ4v) is 7.13. The lowest BCUT2D eigenvalue weighted by atomic mass is 9.83. The Morgan fingerprint density at radius 2 is 1.76 bits per heavy atom. The van der Waals surface area contributed by atoms with Gasteiger partial charge in [0, 0.05) is 26.7 Å². The first kappa shape index (κ1) is 26.1. The molecule has 1 aliphatic heterocycles. The van der Waals surface area contributed by atoms with Crippen LogP contribution >= 0.6 is 43.2 Å². The summed E-state index contributed by atoms with van der Waals surface area (Å²) >= 11 is 8.13. The molecule has 1 atom stereocenters. The number of halogens is 2. The van der Waals surface area contributed by atoms with Crippen LogP contribution in [-0.2, 0) is 6.42 Å². The molecule has 2 aromatic heterocycles. The van der Waals surface area contributed by atoms with Gasteiger partial charge in [-0.2, -0.15) is 0 Å². The van der Waals surface area contributed by atoms with Crippen molar-refractivity contribution in [2.75, 3.05) is 0 Å². The van der Waals surface area contributed by atoms with Crippen LogP contribution in [-0.4, -0.2) is 9.49 Å². The number of thiazole rings is 1. The molecule has 2 aliphatic rings. The number of benzene rings is 3. The Bertz CT molecular complexity index is 2090. The summed E-state index contributed by atoms with van der Waals surface area (Å²) in [7, 11) is 0. The molecule has 1 aliphatic carbocycles. The highest BCUT2D eigenvalue weighted by Crippen LogP contribution is 2.41. The summed E-state index contributed by atoms with van der Waals surface area (Å²) in [5.41, 5.74) is 5.60.